The summed E-state index contributed by atoms with van der Waals surface area (Å²) in [6.07, 6.45) is 0.661. The average molecular weight is 582 g/mol. The molecule has 22 heavy (non-hydrogen) atoms. The molecule has 4 nitrogen and oxygen atoms in total. The van der Waals surface area contributed by atoms with Crippen molar-refractivity contribution in [1.29, 1.82) is 0 Å². The molecule has 0 amide bonds. The number of hydrogen-bond donors (Lipinski definition) is 1. The van der Waals surface area contributed by atoms with Gasteiger partial charge in [-0.2, -0.15) is 0 Å². The van der Waals surface area contributed by atoms with Crippen LogP contribution in [0.2, 0.25) is 0 Å². The van der Waals surface area contributed by atoms with Gasteiger partial charge in [-0.3, -0.25) is 6.05 Å². The quantitative estimate of drug-likeness (QED) is 0.166. The van der Waals surface area contributed by atoms with Crippen LogP contribution in [0.5, 0.6) is 0 Å². The lowest BCUT2D eigenvalue weighted by atomic mass is 10.3. The highest BCUT2D eigenvalue weighted by molar-refractivity contribution is 14.2. The summed E-state index contributed by atoms with van der Waals surface area (Å²) in [5, 5.41) is 0. The molecule has 1 N–H and O–H groups in total. The predicted octanol–water partition coefficient (Wildman–Crippen LogP) is 3.64. The molecule has 0 aliphatic carbocycles. The number of nitrogens with zero attached hydrogens (tertiary/aromatic N) is 1. The van der Waals surface area contributed by atoms with Gasteiger partial charge in [-0.05, 0) is 67.3 Å². The fourth-order valence-corrected chi connectivity index (χ4v) is 4.27. The monoisotopic (exact) mass is 582 g/mol. The van der Waals surface area contributed by atoms with Crippen LogP contribution >= 0.6 is 45.7 Å². The van der Waals surface area contributed by atoms with Gasteiger partial charge in [0, 0.05) is 17.0 Å². The second-order valence-corrected chi connectivity index (χ2v) is 13.6. The number of hydrogen-bond acceptors (Lipinski definition) is 5. The van der Waals surface area contributed by atoms with Crippen molar-refractivity contribution in [2.24, 2.45) is 0 Å². The molecule has 0 atom stereocenters. The highest BCUT2D eigenvalue weighted by atomic mass is 127. The molecule has 1 aromatic carbocycles. The summed E-state index contributed by atoms with van der Waals surface area (Å²) in [6.45, 7) is 6.09. The van der Waals surface area contributed by atoms with Crippen LogP contribution in [0.15, 0.2) is 41.3 Å². The van der Waals surface area contributed by atoms with Crippen molar-refractivity contribution in [1.82, 2.24) is 4.72 Å². The molecule has 1 aromatic rings. The summed E-state index contributed by atoms with van der Waals surface area (Å²) in [6, 6.07) is 7.90. The van der Waals surface area contributed by atoms with Crippen molar-refractivity contribution in [3.8, 4) is 0 Å². The lowest BCUT2D eigenvalue weighted by Crippen LogP contribution is -2.24. The molecule has 0 unspecified atom stereocenters. The maximum absolute atomic E-state index is 11.2. The van der Waals surface area contributed by atoms with Gasteiger partial charge in [-0.25, -0.2) is 4.79 Å². The Hall–Kier alpha value is 0.440. The summed E-state index contributed by atoms with van der Waals surface area (Å²) < 4.78 is 10.2. The fourth-order valence-electron chi connectivity index (χ4n) is 1.39. The van der Waals surface area contributed by atoms with Gasteiger partial charge in [-0.1, -0.05) is 6.58 Å². The van der Waals surface area contributed by atoms with Gasteiger partial charge in [0.25, 0.3) is 0 Å². The van der Waals surface area contributed by atoms with Gasteiger partial charge in [0.1, 0.15) is 0 Å². The van der Waals surface area contributed by atoms with Gasteiger partial charge in [0.05, 0.1) is 58.0 Å². The highest BCUT2D eigenvalue weighted by Gasteiger charge is 2.07. The number of rotatable bonds is 8. The van der Waals surface area contributed by atoms with Crippen LogP contribution in [0.3, 0.4) is 0 Å². The van der Waals surface area contributed by atoms with E-state index < -0.39 is 7.33 Å². The van der Waals surface area contributed by atoms with Crippen molar-refractivity contribution in [2.45, 2.75) is 18.2 Å². The van der Waals surface area contributed by atoms with E-state index in [1.807, 2.05) is 25.6 Å². The molecule has 9 heteroatoms. The topological polar surface area (TPSA) is 41.6 Å². The van der Waals surface area contributed by atoms with Gasteiger partial charge >= 0.3 is 5.97 Å². The normalized spacial score (nSPS) is 11.0. The minimum Gasteiger partial charge on any atom is -0.462 e. The Morgan fingerprint density at radius 1 is 1.36 bits per heavy atom. The molecule has 0 spiro atoms. The molecule has 0 aromatic heterocycles. The molecule has 122 valence electrons. The molecule has 0 heterocycles. The molecule has 0 aliphatic heterocycles. The first-order valence-corrected chi connectivity index (χ1v) is 11.7. The second-order valence-electron chi connectivity index (χ2n) is 4.39. The van der Waals surface area contributed by atoms with Crippen LogP contribution in [0.1, 0.15) is 13.3 Å². The number of benzene rings is 1. The maximum Gasteiger partial charge on any atom is 0.333 e. The summed E-state index contributed by atoms with van der Waals surface area (Å²) in [4.78, 5) is 12.2. The van der Waals surface area contributed by atoms with Crippen molar-refractivity contribution in [3.05, 3.63) is 36.4 Å². The Morgan fingerprint density at radius 2 is 1.95 bits per heavy atom. The zero-order valence-electron chi connectivity index (χ0n) is 11.9. The van der Waals surface area contributed by atoms with Gasteiger partial charge in [-0.15, -0.1) is 0 Å². The van der Waals surface area contributed by atoms with Gasteiger partial charge in [0.15, 0.2) is 0 Å². The number of anilines is 1. The van der Waals surface area contributed by atoms with Crippen LogP contribution < -0.4 is 6.05 Å². The van der Waals surface area contributed by atoms with Crippen LogP contribution in [-0.4, -0.2) is 19.1 Å². The second kappa shape index (κ2) is 9.67. The Labute approximate surface area is 169 Å². The van der Waals surface area contributed by atoms with Crippen LogP contribution in [0, 0.1) is 0 Å². The Kier molecular flexibility index (Phi) is 9.00. The summed E-state index contributed by atoms with van der Waals surface area (Å²) in [5.74, 6) is -0.368. The van der Waals surface area contributed by atoms with E-state index in [4.69, 9.17) is 27.1 Å². The van der Waals surface area contributed by atoms with Crippen LogP contribution in [-0.2, 0) is 39.2 Å². The van der Waals surface area contributed by atoms with Crippen molar-refractivity contribution < 1.29 is 9.53 Å². The highest BCUT2D eigenvalue weighted by Crippen LogP contribution is 2.24. The van der Waals surface area contributed by atoms with Gasteiger partial charge < -0.3 is 4.74 Å². The average Bonchev–Trinajstić information content (AvgIpc) is 2.46. The maximum atomic E-state index is 11.2. The van der Waals surface area contributed by atoms with E-state index in [1.54, 1.807) is 6.92 Å². The standard InChI is InChI=1S/C13H16I2N2O2S3/c1-10(2)13(18)19-9-3-8-16-22(20,21)12-6-4-11(5-7-12)17(14)15/h4-7,16H,1,3,8-9H2,2H3. The van der Waals surface area contributed by atoms with E-state index in [1.165, 1.54) is 0 Å². The fraction of sp³-hybridized carbons (Fsp3) is 0.308. The Morgan fingerprint density at radius 3 is 2.45 bits per heavy atom. The molecule has 0 aliphatic rings. The lowest BCUT2D eigenvalue weighted by Gasteiger charge is -2.14. The largest absolute Gasteiger partial charge is 0.462 e. The predicted molar refractivity (Wildman–Crippen MR) is 116 cm³/mol. The Balaban J connectivity index is 2.47. The minimum atomic E-state index is -1.88. The molecular weight excluding hydrogens is 566 g/mol. The van der Waals surface area contributed by atoms with E-state index >= 15 is 0 Å². The number of halogens is 2. The first kappa shape index (κ1) is 20.5. The van der Waals surface area contributed by atoms with E-state index in [0.29, 0.717) is 25.1 Å². The first-order chi connectivity index (χ1) is 10.2. The molecule has 0 bridgehead atoms. The summed E-state index contributed by atoms with van der Waals surface area (Å²) in [5.41, 5.74) is 1.48. The third-order valence-electron chi connectivity index (χ3n) is 2.54. The SMILES string of the molecule is C=C(C)C(=O)OCCCNS(=S)(=S)c1ccc(N(I)I)cc1. The third-order valence-corrected chi connectivity index (χ3v) is 6.99. The molecular formula is C13H16I2N2O2S3. The molecule has 1 rings (SSSR count). The zero-order chi connectivity index (χ0) is 16.8. The minimum absolute atomic E-state index is 0.330. The molecule has 0 radical (unpaired) electrons. The summed E-state index contributed by atoms with van der Waals surface area (Å²) in [7, 11) is -1.88. The van der Waals surface area contributed by atoms with E-state index in [0.717, 1.165) is 10.6 Å². The molecule has 0 saturated carbocycles. The number of esters is 1. The van der Waals surface area contributed by atoms with Crippen LogP contribution in [0.25, 0.3) is 0 Å². The number of nitrogens with one attached hydrogen (secondary N) is 1. The van der Waals surface area contributed by atoms with Crippen molar-refractivity contribution in [2.75, 3.05) is 14.5 Å². The van der Waals surface area contributed by atoms with Crippen molar-refractivity contribution >= 4 is 87.1 Å². The third kappa shape index (κ3) is 6.91. The lowest BCUT2D eigenvalue weighted by molar-refractivity contribution is -0.138. The molecule has 0 fully saturated rings. The van der Waals surface area contributed by atoms with E-state index in [2.05, 4.69) is 57.0 Å². The van der Waals surface area contributed by atoms with Crippen molar-refractivity contribution in [3.63, 3.8) is 0 Å². The number of carbonyl (C=O) groups is 1. The van der Waals surface area contributed by atoms with Crippen LogP contribution in [0.4, 0.5) is 5.69 Å². The number of ether oxygens (including phenoxy) is 1. The zero-order valence-corrected chi connectivity index (χ0v) is 18.6. The Bertz CT molecular complexity index is 631. The molecule has 0 saturated heterocycles. The number of carbonyl (C=O) groups excluding carboxylic acids is 1. The van der Waals surface area contributed by atoms with E-state index in [9.17, 15) is 4.79 Å². The first-order valence-electron chi connectivity index (χ1n) is 6.28. The smallest absolute Gasteiger partial charge is 0.333 e. The van der Waals surface area contributed by atoms with Gasteiger partial charge in [0.2, 0.25) is 0 Å². The summed E-state index contributed by atoms with van der Waals surface area (Å²) >= 11 is 15.4. The van der Waals surface area contributed by atoms with E-state index in [-0.39, 0.29) is 5.97 Å².